The van der Waals surface area contributed by atoms with E-state index < -0.39 is 0 Å². The van der Waals surface area contributed by atoms with E-state index in [0.717, 1.165) is 0 Å². The molecule has 0 aliphatic rings. The summed E-state index contributed by atoms with van der Waals surface area (Å²) in [7, 11) is 0. The lowest BCUT2D eigenvalue weighted by molar-refractivity contribution is 0.141. The Morgan fingerprint density at radius 3 is 2.88 bits per heavy atom. The summed E-state index contributed by atoms with van der Waals surface area (Å²) >= 11 is 5.97. The van der Waals surface area contributed by atoms with Gasteiger partial charge >= 0.3 is 0 Å². The fourth-order valence-corrected chi connectivity index (χ4v) is 1.49. The fraction of sp³-hybridized carbons (Fsp3) is 0.100. The Labute approximate surface area is 97.0 Å². The molecule has 5 nitrogen and oxygen atoms in total. The van der Waals surface area contributed by atoms with E-state index in [0.29, 0.717) is 27.0 Å². The maximum absolute atomic E-state index is 8.93. The van der Waals surface area contributed by atoms with Crippen LogP contribution in [-0.4, -0.2) is 15.2 Å². The van der Waals surface area contributed by atoms with Crippen molar-refractivity contribution in [3.8, 4) is 5.88 Å². The Hall–Kier alpha value is -1.88. The summed E-state index contributed by atoms with van der Waals surface area (Å²) in [5.41, 5.74) is 7.02. The number of halogens is 1. The van der Waals surface area contributed by atoms with Gasteiger partial charge in [-0.25, -0.2) is 0 Å². The van der Waals surface area contributed by atoms with Crippen molar-refractivity contribution in [2.45, 2.75) is 6.61 Å². The Morgan fingerprint density at radius 1 is 1.44 bits per heavy atom. The molecule has 2 rings (SSSR count). The lowest BCUT2D eigenvalue weighted by Crippen LogP contribution is -2.01. The Bertz CT molecular complexity index is 478. The second kappa shape index (κ2) is 4.32. The zero-order chi connectivity index (χ0) is 11.5. The monoisotopic (exact) mass is 239 g/mol. The summed E-state index contributed by atoms with van der Waals surface area (Å²) in [5, 5.41) is 13.1. The molecule has 0 saturated heterocycles. The molecule has 0 aliphatic carbocycles. The van der Waals surface area contributed by atoms with Gasteiger partial charge in [0.15, 0.2) is 0 Å². The number of benzene rings is 1. The van der Waals surface area contributed by atoms with Crippen LogP contribution >= 0.6 is 11.6 Å². The van der Waals surface area contributed by atoms with Crippen molar-refractivity contribution in [2.75, 3.05) is 5.73 Å². The van der Waals surface area contributed by atoms with Crippen molar-refractivity contribution in [3.05, 3.63) is 41.0 Å². The molecule has 0 radical (unpaired) electrons. The summed E-state index contributed by atoms with van der Waals surface area (Å²) < 4.78 is 5.32. The normalized spacial score (nSPS) is 10.3. The fourth-order valence-electron chi connectivity index (χ4n) is 1.25. The van der Waals surface area contributed by atoms with Crippen LogP contribution in [0.5, 0.6) is 5.88 Å². The largest absolute Gasteiger partial charge is 0.472 e. The first-order valence-corrected chi connectivity index (χ1v) is 4.95. The van der Waals surface area contributed by atoms with E-state index in [9.17, 15) is 0 Å². The lowest BCUT2D eigenvalue weighted by Gasteiger charge is -2.07. The first-order chi connectivity index (χ1) is 7.66. The molecular formula is C10H10ClN3O2. The number of aromatic nitrogens is 2. The van der Waals surface area contributed by atoms with Crippen LogP contribution in [0, 0.1) is 0 Å². The van der Waals surface area contributed by atoms with Gasteiger partial charge in [0, 0.05) is 22.3 Å². The van der Waals surface area contributed by atoms with Gasteiger partial charge in [-0.2, -0.15) is 0 Å². The molecule has 0 aliphatic heterocycles. The van der Waals surface area contributed by atoms with Gasteiger partial charge in [0.05, 0.1) is 6.20 Å². The highest BCUT2D eigenvalue weighted by molar-refractivity contribution is 6.31. The molecule has 84 valence electrons. The number of nitrogens with zero attached hydrogens (tertiary/aromatic N) is 2. The number of rotatable bonds is 3. The standard InChI is InChI=1S/C10H10ClN3O2/c11-8-2-1-3-9(12)7(8)6-16-10-4-5-14(15)13-10/h1-5,15H,6,12H2. The van der Waals surface area contributed by atoms with E-state index in [1.807, 2.05) is 0 Å². The predicted octanol–water partition coefficient (Wildman–Crippen LogP) is 1.93. The number of hydrogen-bond donors (Lipinski definition) is 2. The minimum Gasteiger partial charge on any atom is -0.472 e. The molecule has 0 unspecified atom stereocenters. The van der Waals surface area contributed by atoms with Crippen LogP contribution in [0.1, 0.15) is 5.56 Å². The van der Waals surface area contributed by atoms with Crippen molar-refractivity contribution < 1.29 is 9.94 Å². The summed E-state index contributed by atoms with van der Waals surface area (Å²) in [6.45, 7) is 0.211. The van der Waals surface area contributed by atoms with Crippen LogP contribution in [0.2, 0.25) is 5.02 Å². The molecule has 6 heteroatoms. The van der Waals surface area contributed by atoms with E-state index in [1.165, 1.54) is 12.3 Å². The van der Waals surface area contributed by atoms with E-state index in [4.69, 9.17) is 27.3 Å². The topological polar surface area (TPSA) is 73.3 Å². The molecule has 0 saturated carbocycles. The Balaban J connectivity index is 2.10. The molecular weight excluding hydrogens is 230 g/mol. The van der Waals surface area contributed by atoms with Crippen LogP contribution < -0.4 is 10.5 Å². The van der Waals surface area contributed by atoms with Crippen molar-refractivity contribution in [1.82, 2.24) is 9.94 Å². The Morgan fingerprint density at radius 2 is 2.25 bits per heavy atom. The molecule has 2 aromatic rings. The zero-order valence-corrected chi connectivity index (χ0v) is 9.05. The SMILES string of the molecule is Nc1cccc(Cl)c1COc1ccn(O)n1. The van der Waals surface area contributed by atoms with Gasteiger partial charge in [0.1, 0.15) is 6.61 Å². The van der Waals surface area contributed by atoms with Gasteiger partial charge in [0.25, 0.3) is 0 Å². The molecule has 1 aromatic heterocycles. The molecule has 0 fully saturated rings. The third-order valence-corrected chi connectivity index (χ3v) is 2.43. The van der Waals surface area contributed by atoms with E-state index >= 15 is 0 Å². The smallest absolute Gasteiger partial charge is 0.236 e. The van der Waals surface area contributed by atoms with E-state index in [-0.39, 0.29) is 6.61 Å². The highest BCUT2D eigenvalue weighted by Gasteiger charge is 2.06. The van der Waals surface area contributed by atoms with Crippen LogP contribution in [0.3, 0.4) is 0 Å². The summed E-state index contributed by atoms with van der Waals surface area (Å²) in [4.78, 5) is 0.672. The quantitative estimate of drug-likeness (QED) is 0.634. The van der Waals surface area contributed by atoms with Gasteiger partial charge in [-0.3, -0.25) is 0 Å². The minimum atomic E-state index is 0.211. The van der Waals surface area contributed by atoms with Gasteiger partial charge < -0.3 is 15.7 Å². The zero-order valence-electron chi connectivity index (χ0n) is 8.30. The minimum absolute atomic E-state index is 0.211. The van der Waals surface area contributed by atoms with Gasteiger partial charge in [-0.1, -0.05) is 22.8 Å². The number of nitrogen functional groups attached to an aromatic ring is 1. The summed E-state index contributed by atoms with van der Waals surface area (Å²) in [5.74, 6) is 0.307. The first kappa shape index (κ1) is 10.6. The summed E-state index contributed by atoms with van der Waals surface area (Å²) in [6.07, 6.45) is 1.37. The molecule has 0 spiro atoms. The predicted molar refractivity (Wildman–Crippen MR) is 59.6 cm³/mol. The van der Waals surface area contributed by atoms with Crippen LogP contribution in [0.4, 0.5) is 5.69 Å². The highest BCUT2D eigenvalue weighted by Crippen LogP contribution is 2.23. The number of ether oxygens (including phenoxy) is 1. The molecule has 0 amide bonds. The molecule has 0 bridgehead atoms. The van der Waals surface area contributed by atoms with Gasteiger partial charge in [-0.15, -0.1) is 4.85 Å². The van der Waals surface area contributed by atoms with Crippen molar-refractivity contribution in [2.24, 2.45) is 0 Å². The van der Waals surface area contributed by atoms with Crippen LogP contribution in [-0.2, 0) is 6.61 Å². The number of hydrogen-bond acceptors (Lipinski definition) is 4. The Kier molecular flexibility index (Phi) is 2.87. The van der Waals surface area contributed by atoms with Crippen molar-refractivity contribution in [3.63, 3.8) is 0 Å². The maximum Gasteiger partial charge on any atom is 0.236 e. The van der Waals surface area contributed by atoms with Crippen molar-refractivity contribution in [1.29, 1.82) is 0 Å². The second-order valence-electron chi connectivity index (χ2n) is 3.17. The first-order valence-electron chi connectivity index (χ1n) is 4.57. The maximum atomic E-state index is 8.93. The molecule has 0 atom stereocenters. The van der Waals surface area contributed by atoms with E-state index in [1.54, 1.807) is 18.2 Å². The molecule has 1 heterocycles. The second-order valence-corrected chi connectivity index (χ2v) is 3.58. The third-order valence-electron chi connectivity index (χ3n) is 2.07. The molecule has 1 aromatic carbocycles. The average Bonchev–Trinajstić information content (AvgIpc) is 2.63. The van der Waals surface area contributed by atoms with Crippen LogP contribution in [0.25, 0.3) is 0 Å². The van der Waals surface area contributed by atoms with Crippen molar-refractivity contribution >= 4 is 17.3 Å². The van der Waals surface area contributed by atoms with Gasteiger partial charge in [-0.05, 0) is 12.1 Å². The number of anilines is 1. The lowest BCUT2D eigenvalue weighted by atomic mass is 10.2. The summed E-state index contributed by atoms with van der Waals surface area (Å²) in [6, 6.07) is 6.78. The number of nitrogens with two attached hydrogens (primary N) is 1. The van der Waals surface area contributed by atoms with E-state index in [2.05, 4.69) is 5.10 Å². The third kappa shape index (κ3) is 2.20. The highest BCUT2D eigenvalue weighted by atomic mass is 35.5. The molecule has 3 N–H and O–H groups in total. The molecule has 16 heavy (non-hydrogen) atoms. The average molecular weight is 240 g/mol. The van der Waals surface area contributed by atoms with Crippen LogP contribution in [0.15, 0.2) is 30.5 Å². The van der Waals surface area contributed by atoms with Gasteiger partial charge in [0.2, 0.25) is 5.88 Å².